The molecule has 0 aromatic heterocycles. The minimum Gasteiger partial charge on any atom is -0.379 e. The van der Waals surface area contributed by atoms with Crippen molar-refractivity contribution in [3.63, 3.8) is 0 Å². The maximum absolute atomic E-state index is 5.53. The lowest BCUT2D eigenvalue weighted by molar-refractivity contribution is -0.0278. The summed E-state index contributed by atoms with van der Waals surface area (Å²) in [4.78, 5) is 0. The highest BCUT2D eigenvalue weighted by atomic mass is 16.6. The molecule has 0 spiro atoms. The van der Waals surface area contributed by atoms with Crippen molar-refractivity contribution in [2.45, 2.75) is 40.0 Å². The van der Waals surface area contributed by atoms with Gasteiger partial charge in [0.05, 0.1) is 132 Å². The molecule has 0 bridgehead atoms. The second-order valence-electron chi connectivity index (χ2n) is 9.07. The fourth-order valence-electron chi connectivity index (χ4n) is 2.85. The van der Waals surface area contributed by atoms with Crippen LogP contribution in [0.1, 0.15) is 40.0 Å². The van der Waals surface area contributed by atoms with Crippen LogP contribution in [0.15, 0.2) is 0 Å². The molecule has 0 fully saturated rings. The zero-order valence-electron chi connectivity index (χ0n) is 25.7. The van der Waals surface area contributed by atoms with E-state index in [2.05, 4.69) is 20.8 Å². The van der Waals surface area contributed by atoms with Crippen LogP contribution in [0.2, 0.25) is 0 Å². The summed E-state index contributed by atoms with van der Waals surface area (Å²) in [7, 11) is 0. The molecule has 0 aromatic carbocycles. The first-order valence-corrected chi connectivity index (χ1v) is 15.2. The molecule has 0 saturated heterocycles. The van der Waals surface area contributed by atoms with Gasteiger partial charge in [0, 0.05) is 13.2 Å². The van der Waals surface area contributed by atoms with Crippen molar-refractivity contribution in [1.82, 2.24) is 0 Å². The number of hydrogen-bond donors (Lipinski definition) is 0. The molecular weight excluding hydrogens is 524 g/mol. The first-order valence-electron chi connectivity index (χ1n) is 15.2. The maximum Gasteiger partial charge on any atom is 0.0701 e. The summed E-state index contributed by atoms with van der Waals surface area (Å²) in [5.41, 5.74) is 0. The van der Waals surface area contributed by atoms with Crippen molar-refractivity contribution in [2.24, 2.45) is 5.92 Å². The lowest BCUT2D eigenvalue weighted by atomic mass is 10.1. The molecule has 0 radical (unpaired) electrons. The molecular formula is C29H60O11. The van der Waals surface area contributed by atoms with Crippen LogP contribution in [0.4, 0.5) is 0 Å². The Kier molecular flexibility index (Phi) is 36.2. The van der Waals surface area contributed by atoms with Crippen molar-refractivity contribution < 1.29 is 52.1 Å². The van der Waals surface area contributed by atoms with E-state index in [-0.39, 0.29) is 0 Å². The molecule has 11 heteroatoms. The average Bonchev–Trinajstić information content (AvgIpc) is 2.97. The molecule has 0 aliphatic rings. The normalized spacial score (nSPS) is 12.4. The van der Waals surface area contributed by atoms with Gasteiger partial charge >= 0.3 is 0 Å². The summed E-state index contributed by atoms with van der Waals surface area (Å²) in [6.07, 6.45) is 3.38. The van der Waals surface area contributed by atoms with Gasteiger partial charge in [0.2, 0.25) is 0 Å². The molecule has 242 valence electrons. The maximum atomic E-state index is 5.53. The molecule has 0 N–H and O–H groups in total. The van der Waals surface area contributed by atoms with Gasteiger partial charge in [-0.05, 0) is 12.3 Å². The van der Waals surface area contributed by atoms with Crippen molar-refractivity contribution in [1.29, 1.82) is 0 Å². The Morgan fingerprint density at radius 3 is 0.775 bits per heavy atom. The lowest BCUT2D eigenvalue weighted by Crippen LogP contribution is -2.15. The molecule has 0 aliphatic carbocycles. The van der Waals surface area contributed by atoms with Gasteiger partial charge < -0.3 is 52.1 Å². The number of ether oxygens (including phenoxy) is 11. The summed E-state index contributed by atoms with van der Waals surface area (Å²) in [5, 5.41) is 0. The highest BCUT2D eigenvalue weighted by Gasteiger charge is 1.98. The standard InChI is InChI=1S/C29H60O11/c1-4-6-7-30-8-9-31-10-11-32-12-13-33-14-15-34-16-17-35-18-19-36-20-21-37-22-23-38-24-25-39-26-27-40-28-29(3)5-2/h29H,4-28H2,1-3H3. The molecule has 0 rings (SSSR count). The summed E-state index contributed by atoms with van der Waals surface area (Å²) in [5.74, 6) is 0.601. The van der Waals surface area contributed by atoms with E-state index in [9.17, 15) is 0 Å². The zero-order chi connectivity index (χ0) is 29.0. The molecule has 0 aliphatic heterocycles. The first-order chi connectivity index (χ1) is 19.8. The van der Waals surface area contributed by atoms with E-state index in [1.807, 2.05) is 0 Å². The van der Waals surface area contributed by atoms with Gasteiger partial charge in [-0.1, -0.05) is 33.6 Å². The minimum atomic E-state index is 0.526. The van der Waals surface area contributed by atoms with Crippen LogP contribution >= 0.6 is 0 Å². The van der Waals surface area contributed by atoms with Crippen molar-refractivity contribution in [2.75, 3.05) is 145 Å². The van der Waals surface area contributed by atoms with Crippen LogP contribution in [-0.2, 0) is 52.1 Å². The Bertz CT molecular complexity index is 446. The molecule has 0 saturated carbocycles. The molecule has 40 heavy (non-hydrogen) atoms. The Morgan fingerprint density at radius 1 is 0.325 bits per heavy atom. The average molecular weight is 585 g/mol. The van der Waals surface area contributed by atoms with E-state index >= 15 is 0 Å². The quantitative estimate of drug-likeness (QED) is 0.102. The van der Waals surface area contributed by atoms with Gasteiger partial charge in [-0.3, -0.25) is 0 Å². The Labute approximate surface area is 243 Å². The number of unbranched alkanes of at least 4 members (excludes halogenated alkanes) is 1. The Hall–Kier alpha value is -0.440. The van der Waals surface area contributed by atoms with Gasteiger partial charge in [0.15, 0.2) is 0 Å². The van der Waals surface area contributed by atoms with Crippen LogP contribution < -0.4 is 0 Å². The van der Waals surface area contributed by atoms with Gasteiger partial charge in [-0.15, -0.1) is 0 Å². The van der Waals surface area contributed by atoms with Crippen molar-refractivity contribution >= 4 is 0 Å². The zero-order valence-corrected chi connectivity index (χ0v) is 25.7. The van der Waals surface area contributed by atoms with Crippen LogP contribution in [0.25, 0.3) is 0 Å². The minimum absolute atomic E-state index is 0.526. The van der Waals surface area contributed by atoms with Crippen LogP contribution in [0, 0.1) is 5.92 Å². The third-order valence-corrected chi connectivity index (χ3v) is 5.46. The Balaban J connectivity index is 3.03. The number of rotatable bonds is 36. The van der Waals surface area contributed by atoms with Crippen molar-refractivity contribution in [3.05, 3.63) is 0 Å². The summed E-state index contributed by atoms with van der Waals surface area (Å²) >= 11 is 0. The second-order valence-corrected chi connectivity index (χ2v) is 9.07. The lowest BCUT2D eigenvalue weighted by Gasteiger charge is -2.10. The third kappa shape index (κ3) is 35.6. The van der Waals surface area contributed by atoms with Crippen LogP contribution in [0.3, 0.4) is 0 Å². The number of hydrogen-bond acceptors (Lipinski definition) is 11. The van der Waals surface area contributed by atoms with Gasteiger partial charge in [-0.2, -0.15) is 0 Å². The third-order valence-electron chi connectivity index (χ3n) is 5.46. The predicted octanol–water partition coefficient (Wildman–Crippen LogP) is 3.02. The molecule has 0 aromatic rings. The predicted molar refractivity (Wildman–Crippen MR) is 153 cm³/mol. The van der Waals surface area contributed by atoms with E-state index in [0.29, 0.717) is 138 Å². The topological polar surface area (TPSA) is 102 Å². The summed E-state index contributed by atoms with van der Waals surface area (Å²) < 4.78 is 60.1. The largest absolute Gasteiger partial charge is 0.379 e. The van der Waals surface area contributed by atoms with E-state index in [1.54, 1.807) is 0 Å². The summed E-state index contributed by atoms with van der Waals surface area (Å²) in [6, 6.07) is 0. The first kappa shape index (κ1) is 39.6. The SMILES string of the molecule is CCCCOCCOCCOCCOCCOCCOCCOCCOCCOCCOCCOCC(C)CC. The van der Waals surface area contributed by atoms with Gasteiger partial charge in [0.1, 0.15) is 0 Å². The van der Waals surface area contributed by atoms with E-state index in [4.69, 9.17) is 52.1 Å². The molecule has 1 unspecified atom stereocenters. The fourth-order valence-corrected chi connectivity index (χ4v) is 2.85. The van der Waals surface area contributed by atoms with Crippen LogP contribution in [-0.4, -0.2) is 145 Å². The molecule has 1 atom stereocenters. The van der Waals surface area contributed by atoms with E-state index in [0.717, 1.165) is 32.5 Å². The molecule has 11 nitrogen and oxygen atoms in total. The van der Waals surface area contributed by atoms with E-state index < -0.39 is 0 Å². The summed E-state index contributed by atoms with van der Waals surface area (Å²) in [6.45, 7) is 19.2. The highest BCUT2D eigenvalue weighted by molar-refractivity contribution is 4.46. The van der Waals surface area contributed by atoms with Gasteiger partial charge in [0.25, 0.3) is 0 Å². The highest BCUT2D eigenvalue weighted by Crippen LogP contribution is 2.00. The smallest absolute Gasteiger partial charge is 0.0701 e. The van der Waals surface area contributed by atoms with Gasteiger partial charge in [-0.25, -0.2) is 0 Å². The molecule has 0 amide bonds. The molecule has 0 heterocycles. The van der Waals surface area contributed by atoms with E-state index in [1.165, 1.54) is 0 Å². The van der Waals surface area contributed by atoms with Crippen molar-refractivity contribution in [3.8, 4) is 0 Å². The van der Waals surface area contributed by atoms with Crippen LogP contribution in [0.5, 0.6) is 0 Å². The monoisotopic (exact) mass is 584 g/mol. The Morgan fingerprint density at radius 2 is 0.550 bits per heavy atom. The fraction of sp³-hybridized carbons (Fsp3) is 1.00. The second kappa shape index (κ2) is 36.6.